The molecule has 36 heavy (non-hydrogen) atoms. The molecule has 0 radical (unpaired) electrons. The van der Waals surface area contributed by atoms with Crippen molar-refractivity contribution in [1.82, 2.24) is 0 Å². The summed E-state index contributed by atoms with van der Waals surface area (Å²) >= 11 is 0. The highest BCUT2D eigenvalue weighted by atomic mass is 19.4. The number of allylic oxidation sites excluding steroid dienone is 1. The van der Waals surface area contributed by atoms with Crippen LogP contribution >= 0.6 is 0 Å². The first-order valence-electron chi connectivity index (χ1n) is 10.2. The molecule has 186 valence electrons. The van der Waals surface area contributed by atoms with Crippen LogP contribution < -0.4 is 9.47 Å². The molecule has 0 bridgehead atoms. The number of benzene rings is 3. The number of non-ortho nitro benzene ring substituents is 1. The van der Waals surface area contributed by atoms with E-state index in [2.05, 4.69) is 11.6 Å². The number of alkyl halides is 3. The second kappa shape index (κ2) is 10.7. The summed E-state index contributed by atoms with van der Waals surface area (Å²) in [7, 11) is 1.33. The van der Waals surface area contributed by atoms with Crippen molar-refractivity contribution < 1.29 is 32.5 Å². The Morgan fingerprint density at radius 1 is 1.00 bits per heavy atom. The van der Waals surface area contributed by atoms with Crippen molar-refractivity contribution in [1.29, 1.82) is 0 Å². The van der Waals surface area contributed by atoms with Crippen molar-refractivity contribution in [3.8, 4) is 17.2 Å². The monoisotopic (exact) mass is 501 g/mol. The maximum Gasteiger partial charge on any atom is 0.416 e. The minimum absolute atomic E-state index is 0.0627. The Bertz CT molecular complexity index is 1340. The number of nitro benzene ring substituents is 2. The lowest BCUT2D eigenvalue weighted by molar-refractivity contribution is -0.385. The zero-order valence-electron chi connectivity index (χ0n) is 18.7. The van der Waals surface area contributed by atoms with E-state index in [4.69, 9.17) is 9.47 Å². The first-order chi connectivity index (χ1) is 17.0. The lowest BCUT2D eigenvalue weighted by atomic mass is 10.1. The van der Waals surface area contributed by atoms with Crippen molar-refractivity contribution in [2.75, 3.05) is 7.11 Å². The largest absolute Gasteiger partial charge is 0.493 e. The second-order valence-electron chi connectivity index (χ2n) is 7.28. The first-order valence-corrected chi connectivity index (χ1v) is 10.2. The SMILES string of the molecule is C=CCc1cc(C=Nc2ccc([N+](=O)[O-])cc2)cc(OC)c1Oc1ccc(C(F)(F)F)cc1[N+](=O)[O-]. The third-order valence-corrected chi connectivity index (χ3v) is 4.86. The maximum absolute atomic E-state index is 13.0. The molecule has 9 nitrogen and oxygen atoms in total. The van der Waals surface area contributed by atoms with Crippen LogP contribution in [0, 0.1) is 20.2 Å². The Kier molecular flexibility index (Phi) is 7.67. The summed E-state index contributed by atoms with van der Waals surface area (Å²) in [6.45, 7) is 3.67. The normalized spacial score (nSPS) is 11.3. The van der Waals surface area contributed by atoms with Crippen molar-refractivity contribution in [2.24, 2.45) is 4.99 Å². The van der Waals surface area contributed by atoms with Gasteiger partial charge in [-0.15, -0.1) is 6.58 Å². The van der Waals surface area contributed by atoms with Gasteiger partial charge >= 0.3 is 11.9 Å². The van der Waals surface area contributed by atoms with Gasteiger partial charge in [0.1, 0.15) is 0 Å². The van der Waals surface area contributed by atoms with Crippen LogP contribution in [-0.4, -0.2) is 23.2 Å². The topological polar surface area (TPSA) is 117 Å². The molecule has 12 heteroatoms. The molecule has 0 amide bonds. The number of hydrogen-bond acceptors (Lipinski definition) is 7. The smallest absolute Gasteiger partial charge is 0.416 e. The molecule has 0 aliphatic carbocycles. The first kappa shape index (κ1) is 25.9. The van der Waals surface area contributed by atoms with Crippen LogP contribution in [0.3, 0.4) is 0 Å². The molecular formula is C24H18F3N3O6. The molecule has 0 spiro atoms. The molecule has 0 saturated carbocycles. The molecule has 0 aliphatic rings. The predicted molar refractivity (Wildman–Crippen MR) is 125 cm³/mol. The summed E-state index contributed by atoms with van der Waals surface area (Å²) in [5.41, 5.74) is -0.661. The van der Waals surface area contributed by atoms with E-state index in [9.17, 15) is 33.4 Å². The van der Waals surface area contributed by atoms with Crippen molar-refractivity contribution >= 4 is 23.3 Å². The molecule has 0 N–H and O–H groups in total. The highest BCUT2D eigenvalue weighted by molar-refractivity contribution is 5.84. The molecule has 3 aromatic rings. The molecule has 0 aliphatic heterocycles. The van der Waals surface area contributed by atoms with Gasteiger partial charge in [-0.2, -0.15) is 13.2 Å². The standard InChI is InChI=1S/C24H18F3N3O6/c1-3-4-16-11-15(14-28-18-6-8-19(9-7-18)29(31)32)12-22(35-2)23(16)36-21-10-5-17(24(25,26)27)13-20(21)30(33)34/h3,5-14H,1,4H2,2H3. The van der Waals surface area contributed by atoms with Crippen LogP contribution in [0.1, 0.15) is 16.7 Å². The summed E-state index contributed by atoms with van der Waals surface area (Å²) in [6, 6.07) is 10.7. The van der Waals surface area contributed by atoms with E-state index in [1.54, 1.807) is 12.1 Å². The third kappa shape index (κ3) is 6.03. The van der Waals surface area contributed by atoms with Crippen LogP contribution in [-0.2, 0) is 12.6 Å². The van der Waals surface area contributed by atoms with Gasteiger partial charge in [0.15, 0.2) is 11.5 Å². The number of rotatable bonds is 9. The molecule has 0 heterocycles. The summed E-state index contributed by atoms with van der Waals surface area (Å²) in [6.07, 6.45) is -1.51. The Labute approximate surface area is 202 Å². The highest BCUT2D eigenvalue weighted by Crippen LogP contribution is 2.42. The van der Waals surface area contributed by atoms with Crippen LogP contribution in [0.5, 0.6) is 17.2 Å². The quantitative estimate of drug-likeness (QED) is 0.138. The molecule has 0 fully saturated rings. The molecule has 3 aromatic carbocycles. The third-order valence-electron chi connectivity index (χ3n) is 4.86. The average molecular weight is 501 g/mol. The van der Waals surface area contributed by atoms with E-state index >= 15 is 0 Å². The second-order valence-corrected chi connectivity index (χ2v) is 7.28. The number of halogens is 3. The van der Waals surface area contributed by atoms with Gasteiger partial charge in [-0.3, -0.25) is 25.2 Å². The lowest BCUT2D eigenvalue weighted by Gasteiger charge is -2.16. The van der Waals surface area contributed by atoms with Gasteiger partial charge in [-0.25, -0.2) is 0 Å². The fourth-order valence-electron chi connectivity index (χ4n) is 3.17. The van der Waals surface area contributed by atoms with Gasteiger partial charge in [-0.05, 0) is 48.4 Å². The Morgan fingerprint density at radius 2 is 1.69 bits per heavy atom. The Hall–Kier alpha value is -4.74. The number of aliphatic imine (C=N–C) groups is 1. The van der Waals surface area contributed by atoms with Gasteiger partial charge in [0.2, 0.25) is 5.75 Å². The molecule has 0 saturated heterocycles. The highest BCUT2D eigenvalue weighted by Gasteiger charge is 2.33. The molecule has 0 atom stereocenters. The molecule has 3 rings (SSSR count). The van der Waals surface area contributed by atoms with Gasteiger partial charge in [-0.1, -0.05) is 6.08 Å². The average Bonchev–Trinajstić information content (AvgIpc) is 2.83. The van der Waals surface area contributed by atoms with Gasteiger partial charge < -0.3 is 9.47 Å². The number of methoxy groups -OCH3 is 1. The molecule has 0 aromatic heterocycles. The van der Waals surface area contributed by atoms with Crippen LogP contribution in [0.4, 0.5) is 30.2 Å². The summed E-state index contributed by atoms with van der Waals surface area (Å²) < 4.78 is 50.2. The van der Waals surface area contributed by atoms with E-state index in [-0.39, 0.29) is 23.6 Å². The number of nitro groups is 2. The van der Waals surface area contributed by atoms with E-state index in [0.717, 1.165) is 6.07 Å². The Balaban J connectivity index is 2.01. The van der Waals surface area contributed by atoms with E-state index in [1.807, 2.05) is 0 Å². The number of hydrogen-bond donors (Lipinski definition) is 0. The summed E-state index contributed by atoms with van der Waals surface area (Å²) in [4.78, 5) is 25.0. The zero-order chi connectivity index (χ0) is 26.5. The van der Waals surface area contributed by atoms with Crippen LogP contribution in [0.15, 0.2) is 72.2 Å². The number of nitrogens with zero attached hydrogens (tertiary/aromatic N) is 3. The van der Waals surface area contributed by atoms with E-state index < -0.39 is 33.0 Å². The Morgan fingerprint density at radius 3 is 2.25 bits per heavy atom. The predicted octanol–water partition coefficient (Wildman–Crippen LogP) is 6.80. The van der Waals surface area contributed by atoms with Crippen LogP contribution in [0.25, 0.3) is 0 Å². The molecular weight excluding hydrogens is 483 g/mol. The van der Waals surface area contributed by atoms with Crippen molar-refractivity contribution in [3.63, 3.8) is 0 Å². The van der Waals surface area contributed by atoms with Crippen molar-refractivity contribution in [3.05, 3.63) is 104 Å². The lowest BCUT2D eigenvalue weighted by Crippen LogP contribution is -2.06. The fraction of sp³-hybridized carbons (Fsp3) is 0.125. The number of ether oxygens (including phenoxy) is 2. The minimum atomic E-state index is -4.76. The van der Waals surface area contributed by atoms with Crippen molar-refractivity contribution in [2.45, 2.75) is 12.6 Å². The van der Waals surface area contributed by atoms with Gasteiger partial charge in [0, 0.05) is 30.0 Å². The fourth-order valence-corrected chi connectivity index (χ4v) is 3.17. The molecule has 0 unspecified atom stereocenters. The summed E-state index contributed by atoms with van der Waals surface area (Å²) in [5, 5.41) is 22.2. The van der Waals surface area contributed by atoms with E-state index in [0.29, 0.717) is 28.9 Å². The maximum atomic E-state index is 13.0. The van der Waals surface area contributed by atoms with Gasteiger partial charge in [0.05, 0.1) is 28.2 Å². The summed E-state index contributed by atoms with van der Waals surface area (Å²) in [5.74, 6) is -0.189. The zero-order valence-corrected chi connectivity index (χ0v) is 18.7. The van der Waals surface area contributed by atoms with E-state index in [1.165, 1.54) is 43.7 Å². The van der Waals surface area contributed by atoms with Gasteiger partial charge in [0.25, 0.3) is 5.69 Å². The minimum Gasteiger partial charge on any atom is -0.493 e. The van der Waals surface area contributed by atoms with Crippen LogP contribution in [0.2, 0.25) is 0 Å².